The van der Waals surface area contributed by atoms with Crippen LogP contribution < -0.4 is 5.32 Å². The summed E-state index contributed by atoms with van der Waals surface area (Å²) in [6, 6.07) is 3.88. The van der Waals surface area contributed by atoms with Gasteiger partial charge in [-0.25, -0.2) is 4.79 Å². The first-order chi connectivity index (χ1) is 9.09. The number of hydrogen-bond acceptors (Lipinski definition) is 4. The van der Waals surface area contributed by atoms with Crippen molar-refractivity contribution in [1.82, 2.24) is 14.8 Å². The molecule has 0 atom stereocenters. The fourth-order valence-corrected chi connectivity index (χ4v) is 1.99. The molecule has 0 radical (unpaired) electrons. The van der Waals surface area contributed by atoms with Crippen LogP contribution in [0.25, 0.3) is 0 Å². The zero-order valence-electron chi connectivity index (χ0n) is 10.9. The van der Waals surface area contributed by atoms with Crippen molar-refractivity contribution < 1.29 is 9.90 Å². The first kappa shape index (κ1) is 13.1. The Kier molecular flexibility index (Phi) is 3.79. The second-order valence-electron chi connectivity index (χ2n) is 4.27. The number of nitrogens with one attached hydrogen (secondary N) is 1. The zero-order valence-corrected chi connectivity index (χ0v) is 10.9. The van der Waals surface area contributed by atoms with Gasteiger partial charge in [-0.15, -0.1) is 0 Å². The van der Waals surface area contributed by atoms with Crippen LogP contribution in [0.3, 0.4) is 0 Å². The number of carbonyl (C=O) groups is 1. The average molecular weight is 260 g/mol. The van der Waals surface area contributed by atoms with Gasteiger partial charge in [0.15, 0.2) is 0 Å². The van der Waals surface area contributed by atoms with E-state index in [1.165, 1.54) is 0 Å². The summed E-state index contributed by atoms with van der Waals surface area (Å²) < 4.78 is 1.56. The largest absolute Gasteiger partial charge is 0.477 e. The summed E-state index contributed by atoms with van der Waals surface area (Å²) in [5, 5.41) is 16.4. The summed E-state index contributed by atoms with van der Waals surface area (Å²) in [7, 11) is 1.73. The molecule has 0 fully saturated rings. The molecule has 2 N–H and O–H groups in total. The third kappa shape index (κ3) is 2.90. The topological polar surface area (TPSA) is 80.0 Å². The molecule has 0 spiro atoms. The Morgan fingerprint density at radius 1 is 1.42 bits per heavy atom. The van der Waals surface area contributed by atoms with Crippen molar-refractivity contribution >= 4 is 11.8 Å². The van der Waals surface area contributed by atoms with Crippen LogP contribution in [0.1, 0.15) is 21.6 Å². The Labute approximate surface area is 111 Å². The first-order valence-electron chi connectivity index (χ1n) is 5.99. The lowest BCUT2D eigenvalue weighted by molar-refractivity contribution is 0.0697. The minimum Gasteiger partial charge on any atom is -0.477 e. The molecule has 19 heavy (non-hydrogen) atoms. The smallest absolute Gasteiger partial charge is 0.341 e. The quantitative estimate of drug-likeness (QED) is 0.851. The molecule has 100 valence electrons. The molecule has 0 unspecified atom stereocenters. The van der Waals surface area contributed by atoms with Gasteiger partial charge in [0.25, 0.3) is 0 Å². The van der Waals surface area contributed by atoms with Crippen LogP contribution in [0.15, 0.2) is 24.5 Å². The fourth-order valence-electron chi connectivity index (χ4n) is 1.99. The normalized spacial score (nSPS) is 10.4. The molecule has 0 amide bonds. The SMILES string of the molecule is Cc1nn(C)c(NCCc2ccncc2)c1C(=O)O. The maximum absolute atomic E-state index is 11.2. The van der Waals surface area contributed by atoms with E-state index in [2.05, 4.69) is 15.4 Å². The summed E-state index contributed by atoms with van der Waals surface area (Å²) in [4.78, 5) is 15.1. The van der Waals surface area contributed by atoms with Crippen LogP contribution in [0.5, 0.6) is 0 Å². The molecule has 0 saturated carbocycles. The van der Waals surface area contributed by atoms with Gasteiger partial charge in [0.2, 0.25) is 0 Å². The minimum absolute atomic E-state index is 0.234. The number of aryl methyl sites for hydroxylation is 2. The van der Waals surface area contributed by atoms with Crippen molar-refractivity contribution in [2.45, 2.75) is 13.3 Å². The lowest BCUT2D eigenvalue weighted by Crippen LogP contribution is -2.12. The van der Waals surface area contributed by atoms with Gasteiger partial charge in [-0.05, 0) is 31.0 Å². The van der Waals surface area contributed by atoms with Crippen molar-refractivity contribution in [1.29, 1.82) is 0 Å². The molecule has 0 aliphatic rings. The Balaban J connectivity index is 2.06. The fraction of sp³-hybridized carbons (Fsp3) is 0.308. The van der Waals surface area contributed by atoms with Crippen molar-refractivity contribution in [3.63, 3.8) is 0 Å². The molecule has 6 heteroatoms. The average Bonchev–Trinajstić information content (AvgIpc) is 2.65. The van der Waals surface area contributed by atoms with Crippen molar-refractivity contribution in [3.8, 4) is 0 Å². The van der Waals surface area contributed by atoms with E-state index in [0.29, 0.717) is 18.1 Å². The highest BCUT2D eigenvalue weighted by molar-refractivity contribution is 5.94. The highest BCUT2D eigenvalue weighted by atomic mass is 16.4. The summed E-state index contributed by atoms with van der Waals surface area (Å²) >= 11 is 0. The Hall–Kier alpha value is -2.37. The number of anilines is 1. The van der Waals surface area contributed by atoms with Gasteiger partial charge in [-0.2, -0.15) is 5.10 Å². The predicted molar refractivity (Wildman–Crippen MR) is 71.3 cm³/mol. The molecule has 2 rings (SSSR count). The zero-order chi connectivity index (χ0) is 13.8. The second-order valence-corrected chi connectivity index (χ2v) is 4.27. The molecule has 6 nitrogen and oxygen atoms in total. The van der Waals surface area contributed by atoms with Crippen LogP contribution in [0.2, 0.25) is 0 Å². The number of carboxylic acids is 1. The van der Waals surface area contributed by atoms with Crippen LogP contribution in [-0.4, -0.2) is 32.4 Å². The van der Waals surface area contributed by atoms with E-state index in [0.717, 1.165) is 12.0 Å². The maximum Gasteiger partial charge on any atom is 0.341 e. The molecule has 0 bridgehead atoms. The van der Waals surface area contributed by atoms with E-state index in [1.807, 2.05) is 12.1 Å². The molecule has 2 aromatic rings. The molecule has 2 aromatic heterocycles. The molecule has 0 saturated heterocycles. The number of pyridine rings is 1. The molecular formula is C13H16N4O2. The standard InChI is InChI=1S/C13H16N4O2/c1-9-11(13(18)19)12(17(2)16-9)15-8-5-10-3-6-14-7-4-10/h3-4,6-7,15H,5,8H2,1-2H3,(H,18,19). The number of hydrogen-bond donors (Lipinski definition) is 2. The highest BCUT2D eigenvalue weighted by Gasteiger charge is 2.18. The van der Waals surface area contributed by atoms with E-state index in [1.54, 1.807) is 31.0 Å². The van der Waals surface area contributed by atoms with Gasteiger partial charge in [0, 0.05) is 26.0 Å². The Morgan fingerprint density at radius 3 is 2.74 bits per heavy atom. The van der Waals surface area contributed by atoms with Gasteiger partial charge in [-0.3, -0.25) is 9.67 Å². The van der Waals surface area contributed by atoms with Gasteiger partial charge in [0.05, 0.1) is 5.69 Å². The van der Waals surface area contributed by atoms with E-state index in [4.69, 9.17) is 0 Å². The van der Waals surface area contributed by atoms with E-state index < -0.39 is 5.97 Å². The Bertz CT molecular complexity index is 578. The molecule has 0 aliphatic carbocycles. The molecular weight excluding hydrogens is 244 g/mol. The van der Waals surface area contributed by atoms with E-state index in [-0.39, 0.29) is 5.56 Å². The van der Waals surface area contributed by atoms with Crippen LogP contribution in [0, 0.1) is 6.92 Å². The van der Waals surface area contributed by atoms with Gasteiger partial charge in [0.1, 0.15) is 11.4 Å². The van der Waals surface area contributed by atoms with Crippen LogP contribution in [0.4, 0.5) is 5.82 Å². The lowest BCUT2D eigenvalue weighted by Gasteiger charge is -2.07. The number of aromatic carboxylic acids is 1. The third-order valence-electron chi connectivity index (χ3n) is 2.89. The Morgan fingerprint density at radius 2 is 2.11 bits per heavy atom. The molecule has 2 heterocycles. The highest BCUT2D eigenvalue weighted by Crippen LogP contribution is 2.18. The summed E-state index contributed by atoms with van der Waals surface area (Å²) in [6.07, 6.45) is 4.28. The number of rotatable bonds is 5. The van der Waals surface area contributed by atoms with E-state index >= 15 is 0 Å². The van der Waals surface area contributed by atoms with Gasteiger partial charge >= 0.3 is 5.97 Å². The minimum atomic E-state index is -0.961. The predicted octanol–water partition coefficient (Wildman–Crippen LogP) is 1.48. The maximum atomic E-state index is 11.2. The van der Waals surface area contributed by atoms with Gasteiger partial charge < -0.3 is 10.4 Å². The lowest BCUT2D eigenvalue weighted by atomic mass is 10.2. The second kappa shape index (κ2) is 5.51. The van der Waals surface area contributed by atoms with E-state index in [9.17, 15) is 9.90 Å². The monoisotopic (exact) mass is 260 g/mol. The number of nitrogens with zero attached hydrogens (tertiary/aromatic N) is 3. The summed E-state index contributed by atoms with van der Waals surface area (Å²) in [5.74, 6) is -0.420. The molecule has 0 aromatic carbocycles. The molecule has 0 aliphatic heterocycles. The van der Waals surface area contributed by atoms with Crippen molar-refractivity contribution in [2.75, 3.05) is 11.9 Å². The van der Waals surface area contributed by atoms with Gasteiger partial charge in [-0.1, -0.05) is 0 Å². The first-order valence-corrected chi connectivity index (χ1v) is 5.99. The van der Waals surface area contributed by atoms with Crippen molar-refractivity contribution in [3.05, 3.63) is 41.3 Å². The number of carboxylic acid groups (broad SMARTS) is 1. The summed E-state index contributed by atoms with van der Waals surface area (Å²) in [6.45, 7) is 2.33. The van der Waals surface area contributed by atoms with Crippen molar-refractivity contribution in [2.24, 2.45) is 7.05 Å². The summed E-state index contributed by atoms with van der Waals surface area (Å²) in [5.41, 5.74) is 1.90. The third-order valence-corrected chi connectivity index (χ3v) is 2.89. The van der Waals surface area contributed by atoms with Crippen LogP contribution >= 0.6 is 0 Å². The number of aromatic nitrogens is 3. The van der Waals surface area contributed by atoms with Crippen LogP contribution in [-0.2, 0) is 13.5 Å².